The van der Waals surface area contributed by atoms with Gasteiger partial charge >= 0.3 is 0 Å². The molecular weight excluding hydrogens is 270 g/mol. The molecule has 0 radical (unpaired) electrons. The lowest BCUT2D eigenvalue weighted by Crippen LogP contribution is -2.14. The molecule has 0 saturated heterocycles. The molecule has 0 aliphatic heterocycles. The second kappa shape index (κ2) is 5.57. The summed E-state index contributed by atoms with van der Waals surface area (Å²) in [6.07, 6.45) is 9.61. The average molecular weight is 295 g/mol. The molecule has 1 fully saturated rings. The maximum Gasteiger partial charge on any atom is 0.179 e. The number of nitrogens with zero attached hydrogens (tertiary/aromatic N) is 1. The van der Waals surface area contributed by atoms with Crippen LogP contribution in [-0.4, -0.2) is 10.4 Å². The molecule has 4 rings (SSSR count). The van der Waals surface area contributed by atoms with E-state index in [0.29, 0.717) is 5.78 Å². The van der Waals surface area contributed by atoms with E-state index in [9.17, 15) is 4.79 Å². The first-order valence-corrected chi connectivity index (χ1v) is 8.97. The van der Waals surface area contributed by atoms with E-state index < -0.39 is 0 Å². The fourth-order valence-electron chi connectivity index (χ4n) is 4.58. The normalized spacial score (nSPS) is 19.6. The third kappa shape index (κ3) is 2.12. The van der Waals surface area contributed by atoms with Crippen LogP contribution in [0.25, 0.3) is 10.9 Å². The van der Waals surface area contributed by atoms with E-state index in [2.05, 4.69) is 29.7 Å². The van der Waals surface area contributed by atoms with Crippen molar-refractivity contribution in [1.29, 1.82) is 0 Å². The maximum absolute atomic E-state index is 12.4. The van der Waals surface area contributed by atoms with Crippen molar-refractivity contribution in [1.82, 2.24) is 4.57 Å². The van der Waals surface area contributed by atoms with Crippen molar-refractivity contribution < 1.29 is 4.79 Å². The van der Waals surface area contributed by atoms with Crippen LogP contribution in [0.4, 0.5) is 0 Å². The predicted octanol–water partition coefficient (Wildman–Crippen LogP) is 5.23. The van der Waals surface area contributed by atoms with Crippen LogP contribution in [0.5, 0.6) is 0 Å². The molecule has 2 nitrogen and oxygen atoms in total. The lowest BCUT2D eigenvalue weighted by Gasteiger charge is -2.22. The number of aromatic nitrogens is 1. The van der Waals surface area contributed by atoms with Gasteiger partial charge < -0.3 is 4.57 Å². The molecule has 2 aliphatic rings. The van der Waals surface area contributed by atoms with Crippen LogP contribution in [-0.2, 0) is 13.0 Å². The molecular formula is C20H25NO. The van der Waals surface area contributed by atoms with Gasteiger partial charge in [-0.15, -0.1) is 0 Å². The first-order valence-electron chi connectivity index (χ1n) is 8.97. The van der Waals surface area contributed by atoms with E-state index in [0.717, 1.165) is 37.4 Å². The zero-order chi connectivity index (χ0) is 15.1. The van der Waals surface area contributed by atoms with Gasteiger partial charge in [0.05, 0.1) is 5.69 Å². The number of hydrogen-bond acceptors (Lipinski definition) is 1. The van der Waals surface area contributed by atoms with Crippen molar-refractivity contribution in [2.75, 3.05) is 0 Å². The molecule has 1 heterocycles. The lowest BCUT2D eigenvalue weighted by atomic mass is 9.83. The number of benzene rings is 1. The minimum absolute atomic E-state index is 0.346. The van der Waals surface area contributed by atoms with Crippen molar-refractivity contribution in [2.45, 2.75) is 70.8 Å². The largest absolute Gasteiger partial charge is 0.338 e. The number of carbonyl (C=O) groups excluding carboxylic acids is 1. The zero-order valence-electron chi connectivity index (χ0n) is 13.5. The Kier molecular flexibility index (Phi) is 3.56. The summed E-state index contributed by atoms with van der Waals surface area (Å²) in [7, 11) is 0. The van der Waals surface area contributed by atoms with Crippen molar-refractivity contribution in [2.24, 2.45) is 0 Å². The standard InChI is InChI=1S/C20H25NO/c1-2-21-18-12-11-15(14-7-4-3-5-8-14)13-17(18)16-9-6-10-19(22)20(16)21/h11-14H,2-10H2,1H3. The highest BCUT2D eigenvalue weighted by Gasteiger charge is 2.26. The predicted molar refractivity (Wildman–Crippen MR) is 90.7 cm³/mol. The number of fused-ring (bicyclic) bond motifs is 3. The van der Waals surface area contributed by atoms with Crippen LogP contribution in [0.1, 0.15) is 79.4 Å². The van der Waals surface area contributed by atoms with Crippen LogP contribution < -0.4 is 0 Å². The Morgan fingerprint density at radius 3 is 2.68 bits per heavy atom. The molecule has 0 amide bonds. The number of Topliss-reactive ketones (excluding diaryl/α,β-unsaturated/α-hetero) is 1. The maximum atomic E-state index is 12.4. The molecule has 2 aromatic rings. The molecule has 1 aromatic carbocycles. The summed E-state index contributed by atoms with van der Waals surface area (Å²) in [4.78, 5) is 12.4. The molecule has 1 aromatic heterocycles. The summed E-state index contributed by atoms with van der Waals surface area (Å²) in [6, 6.07) is 7.00. The topological polar surface area (TPSA) is 22.0 Å². The molecule has 2 aliphatic carbocycles. The first-order chi connectivity index (χ1) is 10.8. The SMILES string of the molecule is CCn1c2c(c3cc(C4CCCCC4)ccc31)CCCC2=O. The molecule has 116 valence electrons. The van der Waals surface area contributed by atoms with E-state index in [1.165, 1.54) is 54.1 Å². The number of aryl methyl sites for hydroxylation is 2. The summed E-state index contributed by atoms with van der Waals surface area (Å²) in [6.45, 7) is 3.04. The smallest absolute Gasteiger partial charge is 0.179 e. The Morgan fingerprint density at radius 2 is 1.91 bits per heavy atom. The average Bonchev–Trinajstić information content (AvgIpc) is 2.90. The molecule has 0 spiro atoms. The van der Waals surface area contributed by atoms with Crippen LogP contribution in [0.3, 0.4) is 0 Å². The highest BCUT2D eigenvalue weighted by molar-refractivity contribution is 6.04. The van der Waals surface area contributed by atoms with E-state index >= 15 is 0 Å². The quantitative estimate of drug-likeness (QED) is 0.743. The molecule has 0 unspecified atom stereocenters. The lowest BCUT2D eigenvalue weighted by molar-refractivity contribution is 0.0963. The van der Waals surface area contributed by atoms with Crippen molar-refractivity contribution >= 4 is 16.7 Å². The molecule has 2 heteroatoms. The third-order valence-corrected chi connectivity index (χ3v) is 5.68. The van der Waals surface area contributed by atoms with Crippen LogP contribution in [0, 0.1) is 0 Å². The number of carbonyl (C=O) groups is 1. The van der Waals surface area contributed by atoms with Gasteiger partial charge in [0.25, 0.3) is 0 Å². The Balaban J connectivity index is 1.87. The van der Waals surface area contributed by atoms with Crippen LogP contribution >= 0.6 is 0 Å². The molecule has 22 heavy (non-hydrogen) atoms. The fourth-order valence-corrected chi connectivity index (χ4v) is 4.58. The third-order valence-electron chi connectivity index (χ3n) is 5.68. The minimum atomic E-state index is 0.346. The van der Waals surface area contributed by atoms with Crippen LogP contribution in [0.15, 0.2) is 18.2 Å². The van der Waals surface area contributed by atoms with Crippen molar-refractivity contribution in [3.05, 3.63) is 35.0 Å². The van der Waals surface area contributed by atoms with E-state index in [1.807, 2.05) is 0 Å². The molecule has 0 N–H and O–H groups in total. The van der Waals surface area contributed by atoms with Gasteiger partial charge in [0.15, 0.2) is 5.78 Å². The molecule has 0 bridgehead atoms. The van der Waals surface area contributed by atoms with Gasteiger partial charge in [-0.25, -0.2) is 0 Å². The Morgan fingerprint density at radius 1 is 1.09 bits per heavy atom. The minimum Gasteiger partial charge on any atom is -0.338 e. The summed E-state index contributed by atoms with van der Waals surface area (Å²) < 4.78 is 2.25. The fraction of sp³-hybridized carbons (Fsp3) is 0.550. The summed E-state index contributed by atoms with van der Waals surface area (Å²) in [5.41, 5.74) is 5.10. The highest BCUT2D eigenvalue weighted by atomic mass is 16.1. The van der Waals surface area contributed by atoms with E-state index in [-0.39, 0.29) is 0 Å². The molecule has 1 saturated carbocycles. The Bertz CT molecular complexity index is 719. The van der Waals surface area contributed by atoms with E-state index in [1.54, 1.807) is 0 Å². The Hall–Kier alpha value is -1.57. The van der Waals surface area contributed by atoms with Gasteiger partial charge in [0.1, 0.15) is 0 Å². The monoisotopic (exact) mass is 295 g/mol. The first kappa shape index (κ1) is 14.0. The second-order valence-corrected chi connectivity index (χ2v) is 6.96. The van der Waals surface area contributed by atoms with Gasteiger partial charge in [-0.3, -0.25) is 4.79 Å². The number of rotatable bonds is 2. The van der Waals surface area contributed by atoms with Gasteiger partial charge in [0, 0.05) is 23.9 Å². The van der Waals surface area contributed by atoms with Crippen molar-refractivity contribution in [3.63, 3.8) is 0 Å². The highest BCUT2D eigenvalue weighted by Crippen LogP contribution is 2.37. The van der Waals surface area contributed by atoms with Gasteiger partial charge in [-0.2, -0.15) is 0 Å². The number of hydrogen-bond donors (Lipinski definition) is 0. The van der Waals surface area contributed by atoms with Gasteiger partial charge in [-0.1, -0.05) is 25.3 Å². The van der Waals surface area contributed by atoms with E-state index in [4.69, 9.17) is 0 Å². The molecule has 0 atom stereocenters. The van der Waals surface area contributed by atoms with Crippen LogP contribution in [0.2, 0.25) is 0 Å². The summed E-state index contributed by atoms with van der Waals surface area (Å²) in [5.74, 6) is 1.08. The van der Waals surface area contributed by atoms with Gasteiger partial charge in [-0.05, 0) is 61.8 Å². The Labute approximate surface area is 132 Å². The number of ketones is 1. The summed E-state index contributed by atoms with van der Waals surface area (Å²) >= 11 is 0. The summed E-state index contributed by atoms with van der Waals surface area (Å²) in [5, 5.41) is 1.35. The zero-order valence-corrected chi connectivity index (χ0v) is 13.5. The second-order valence-electron chi connectivity index (χ2n) is 6.96. The van der Waals surface area contributed by atoms with Gasteiger partial charge in [0.2, 0.25) is 0 Å². The van der Waals surface area contributed by atoms with Crippen molar-refractivity contribution in [3.8, 4) is 0 Å².